The van der Waals surface area contributed by atoms with Crippen LogP contribution in [0.25, 0.3) is 27.5 Å². The highest BCUT2D eigenvalue weighted by Gasteiger charge is 2.40. The molecule has 220 valence electrons. The number of rotatable bonds is 4. The van der Waals surface area contributed by atoms with Gasteiger partial charge in [-0.2, -0.15) is 0 Å². The molecule has 2 aromatic heterocycles. The number of nitrogens with zero attached hydrogens (tertiary/aromatic N) is 3. The summed E-state index contributed by atoms with van der Waals surface area (Å²) in [7, 11) is 0. The zero-order valence-electron chi connectivity index (χ0n) is 25.2. The van der Waals surface area contributed by atoms with Crippen LogP contribution in [0.15, 0.2) is 158 Å². The van der Waals surface area contributed by atoms with Crippen molar-refractivity contribution >= 4 is 62.0 Å². The fourth-order valence-electron chi connectivity index (χ4n) is 7.38. The summed E-state index contributed by atoms with van der Waals surface area (Å²) in [5.41, 5.74) is 9.82. The molecule has 0 fully saturated rings. The Kier molecular flexibility index (Phi) is 5.60. The Morgan fingerprint density at radius 1 is 0.511 bits per heavy atom. The minimum atomic E-state index is -0.00347. The van der Waals surface area contributed by atoms with Crippen LogP contribution in [0.5, 0.6) is 23.0 Å². The predicted octanol–water partition coefficient (Wildman–Crippen LogP) is 8.38. The Morgan fingerprint density at radius 3 is 2.02 bits per heavy atom. The molecule has 0 amide bonds. The molecule has 0 saturated carbocycles. The quantitative estimate of drug-likeness (QED) is 0.190. The minimum absolute atomic E-state index is 0.00347. The third-order valence-electron chi connectivity index (χ3n) is 9.37. The average Bonchev–Trinajstić information content (AvgIpc) is 3.44. The maximum atomic E-state index is 6.68. The van der Waals surface area contributed by atoms with Gasteiger partial charge in [0.15, 0.2) is 0 Å². The van der Waals surface area contributed by atoms with E-state index in [4.69, 9.17) is 9.47 Å². The van der Waals surface area contributed by atoms with Crippen LogP contribution >= 0.6 is 0 Å². The molecule has 5 nitrogen and oxygen atoms in total. The number of ether oxygens (including phenoxy) is 2. The van der Waals surface area contributed by atoms with Crippen LogP contribution in [0, 0.1) is 0 Å². The number of anilines is 3. The highest BCUT2D eigenvalue weighted by Crippen LogP contribution is 2.42. The first kappa shape index (κ1) is 26.0. The van der Waals surface area contributed by atoms with Crippen molar-refractivity contribution in [2.45, 2.75) is 0 Å². The maximum absolute atomic E-state index is 6.68. The van der Waals surface area contributed by atoms with E-state index in [1.165, 1.54) is 0 Å². The molecule has 0 aliphatic carbocycles. The monoisotopic (exact) mass is 603 g/mol. The first-order valence-electron chi connectivity index (χ1n) is 15.8. The predicted molar refractivity (Wildman–Crippen MR) is 191 cm³/mol. The van der Waals surface area contributed by atoms with Crippen LogP contribution in [0.3, 0.4) is 0 Å². The van der Waals surface area contributed by atoms with Crippen LogP contribution in [0.2, 0.25) is 0 Å². The molecule has 0 saturated heterocycles. The van der Waals surface area contributed by atoms with Crippen LogP contribution in [-0.2, 0) is 0 Å². The zero-order chi connectivity index (χ0) is 30.9. The minimum Gasteiger partial charge on any atom is -0.458 e. The number of hydrogen-bond donors (Lipinski definition) is 0. The van der Waals surface area contributed by atoms with Gasteiger partial charge in [0.1, 0.15) is 23.0 Å². The van der Waals surface area contributed by atoms with E-state index < -0.39 is 0 Å². The standard InChI is InChI=1S/C41H26BN3O2/c1-3-11-27(12-4-1)44(30-15-10-22-43-26-30)29-20-21-31-32-24-40-34(25-36(32)45(35(31)23-29)28-13-5-2-6-14-28)42-33-16-7-8-17-37(33)46-38-18-9-19-39(47-40)41(38)42/h1-26H. The number of aromatic nitrogens is 2. The fourth-order valence-corrected chi connectivity index (χ4v) is 7.38. The SMILES string of the molecule is c1ccc(N(c2cccnc2)c2ccc3c4cc5c(cc4n(-c4ccccc4)c3c2)B2c3ccccc3Oc3cccc(c32)O5)cc1. The lowest BCUT2D eigenvalue weighted by Crippen LogP contribution is -2.57. The number of pyridine rings is 1. The molecule has 0 N–H and O–H groups in total. The Hall–Kier alpha value is -6.27. The largest absolute Gasteiger partial charge is 0.458 e. The van der Waals surface area contributed by atoms with Gasteiger partial charge in [-0.3, -0.25) is 4.98 Å². The highest BCUT2D eigenvalue weighted by atomic mass is 16.5. The van der Waals surface area contributed by atoms with Gasteiger partial charge >= 0.3 is 0 Å². The van der Waals surface area contributed by atoms with Crippen LogP contribution < -0.4 is 30.8 Å². The molecule has 0 unspecified atom stereocenters. The van der Waals surface area contributed by atoms with E-state index in [1.807, 2.05) is 48.8 Å². The summed E-state index contributed by atoms with van der Waals surface area (Å²) in [6, 6.07) is 50.9. The second kappa shape index (κ2) is 10.1. The zero-order valence-corrected chi connectivity index (χ0v) is 25.2. The fraction of sp³-hybridized carbons (Fsp3) is 0. The van der Waals surface area contributed by atoms with E-state index in [0.717, 1.165) is 83.9 Å². The van der Waals surface area contributed by atoms with Gasteiger partial charge in [-0.15, -0.1) is 0 Å². The average molecular weight is 603 g/mol. The van der Waals surface area contributed by atoms with Crippen molar-refractivity contribution in [1.82, 2.24) is 9.55 Å². The van der Waals surface area contributed by atoms with Crippen molar-refractivity contribution < 1.29 is 9.47 Å². The molecule has 2 aliphatic rings. The normalized spacial score (nSPS) is 12.6. The summed E-state index contributed by atoms with van der Waals surface area (Å²) >= 11 is 0. The van der Waals surface area contributed by atoms with Gasteiger partial charge in [0.25, 0.3) is 6.71 Å². The number of benzene rings is 6. The molecule has 0 spiro atoms. The number of para-hydroxylation sites is 3. The van der Waals surface area contributed by atoms with E-state index in [-0.39, 0.29) is 6.71 Å². The van der Waals surface area contributed by atoms with E-state index in [0.29, 0.717) is 0 Å². The highest BCUT2D eigenvalue weighted by molar-refractivity contribution is 6.98. The molecule has 0 radical (unpaired) electrons. The summed E-state index contributed by atoms with van der Waals surface area (Å²) in [5.74, 6) is 3.46. The van der Waals surface area contributed by atoms with Gasteiger partial charge in [-0.25, -0.2) is 0 Å². The van der Waals surface area contributed by atoms with Crippen LogP contribution in [0.1, 0.15) is 0 Å². The smallest absolute Gasteiger partial charge is 0.260 e. The Bertz CT molecular complexity index is 2440. The molecule has 6 heteroatoms. The molecule has 4 heterocycles. The van der Waals surface area contributed by atoms with Crippen molar-refractivity contribution in [2.75, 3.05) is 4.90 Å². The van der Waals surface area contributed by atoms with Gasteiger partial charge < -0.3 is 18.9 Å². The van der Waals surface area contributed by atoms with Crippen molar-refractivity contribution in [1.29, 1.82) is 0 Å². The molecule has 2 aliphatic heterocycles. The van der Waals surface area contributed by atoms with Crippen LogP contribution in [0.4, 0.5) is 17.1 Å². The van der Waals surface area contributed by atoms with Gasteiger partial charge in [0.05, 0.1) is 22.9 Å². The van der Waals surface area contributed by atoms with Crippen molar-refractivity contribution in [3.63, 3.8) is 0 Å². The van der Waals surface area contributed by atoms with Crippen molar-refractivity contribution in [3.8, 4) is 28.7 Å². The lowest BCUT2D eigenvalue weighted by Gasteiger charge is -2.32. The van der Waals surface area contributed by atoms with Crippen LogP contribution in [-0.4, -0.2) is 16.3 Å². The Labute approximate surface area is 272 Å². The Balaban J connectivity index is 1.25. The first-order valence-corrected chi connectivity index (χ1v) is 15.8. The maximum Gasteiger partial charge on any atom is 0.260 e. The first-order chi connectivity index (χ1) is 23.3. The van der Waals surface area contributed by atoms with Crippen molar-refractivity contribution in [3.05, 3.63) is 158 Å². The lowest BCUT2D eigenvalue weighted by molar-refractivity contribution is 0.465. The molecule has 0 atom stereocenters. The molecule has 10 rings (SSSR count). The molecule has 0 bridgehead atoms. The molecular weight excluding hydrogens is 577 g/mol. The van der Waals surface area contributed by atoms with Gasteiger partial charge in [0.2, 0.25) is 0 Å². The lowest BCUT2D eigenvalue weighted by atomic mass is 9.35. The number of hydrogen-bond acceptors (Lipinski definition) is 4. The summed E-state index contributed by atoms with van der Waals surface area (Å²) in [6.07, 6.45) is 3.72. The summed E-state index contributed by atoms with van der Waals surface area (Å²) < 4.78 is 15.4. The third kappa shape index (κ3) is 3.95. The van der Waals surface area contributed by atoms with Gasteiger partial charge in [0, 0.05) is 39.5 Å². The summed E-state index contributed by atoms with van der Waals surface area (Å²) in [4.78, 5) is 6.71. The van der Waals surface area contributed by atoms with Gasteiger partial charge in [-0.1, -0.05) is 66.7 Å². The van der Waals surface area contributed by atoms with E-state index in [1.54, 1.807) is 0 Å². The molecule has 6 aromatic carbocycles. The molecular formula is C41H26BN3O2. The summed E-state index contributed by atoms with van der Waals surface area (Å²) in [6.45, 7) is -0.00347. The third-order valence-corrected chi connectivity index (χ3v) is 9.37. The summed E-state index contributed by atoms with van der Waals surface area (Å²) in [5, 5.41) is 2.30. The van der Waals surface area contributed by atoms with E-state index in [2.05, 4.69) is 124 Å². The second-order valence-electron chi connectivity index (χ2n) is 12.0. The van der Waals surface area contributed by atoms with Crippen molar-refractivity contribution in [2.24, 2.45) is 0 Å². The van der Waals surface area contributed by atoms with Gasteiger partial charge in [-0.05, 0) is 89.8 Å². The van der Waals surface area contributed by atoms with E-state index in [9.17, 15) is 0 Å². The van der Waals surface area contributed by atoms with E-state index >= 15 is 0 Å². The topological polar surface area (TPSA) is 39.5 Å². The molecule has 8 aromatic rings. The number of fused-ring (bicyclic) bond motifs is 7. The molecule has 47 heavy (non-hydrogen) atoms. The Morgan fingerprint density at radius 2 is 1.21 bits per heavy atom. The second-order valence-corrected chi connectivity index (χ2v) is 12.0.